The molecule has 1 N–H and O–H groups in total. The molecular weight excluding hydrogens is 316 g/mol. The van der Waals surface area contributed by atoms with Gasteiger partial charge in [0.2, 0.25) is 5.91 Å². The van der Waals surface area contributed by atoms with Crippen molar-refractivity contribution < 1.29 is 4.79 Å². The molecule has 1 aromatic rings. The summed E-state index contributed by atoms with van der Waals surface area (Å²) in [5.74, 6) is 0.515. The minimum absolute atomic E-state index is 0.0267. The highest BCUT2D eigenvalue weighted by Crippen LogP contribution is 2.50. The lowest BCUT2D eigenvalue weighted by Crippen LogP contribution is -2.55. The molecule has 2 heterocycles. The zero-order chi connectivity index (χ0) is 18.1. The third-order valence-corrected chi connectivity index (χ3v) is 6.66. The lowest BCUT2D eigenvalue weighted by atomic mass is 9.71. The third-order valence-electron chi connectivity index (χ3n) is 6.66. The van der Waals surface area contributed by atoms with Crippen LogP contribution in [0.5, 0.6) is 0 Å². The van der Waals surface area contributed by atoms with Gasteiger partial charge in [-0.25, -0.2) is 4.98 Å². The summed E-state index contributed by atoms with van der Waals surface area (Å²) in [5, 5.41) is 16.9. The standard InChI is InChI=1S/C18H28N6O/c1-17(2)14(11-23-13-20-12-22-23)6-7-18(17,3)21-10-16(25)24-8-4-5-15(24)9-19/h12-15,21H,4-8,10-11H2,1-3H3/t14-,15+,18-/m1/s1. The summed E-state index contributed by atoms with van der Waals surface area (Å²) in [4.78, 5) is 18.3. The van der Waals surface area contributed by atoms with Crippen molar-refractivity contribution in [1.82, 2.24) is 25.0 Å². The molecule has 0 unspecified atom stereocenters. The molecule has 25 heavy (non-hydrogen) atoms. The first-order chi connectivity index (χ1) is 11.9. The van der Waals surface area contributed by atoms with Crippen molar-refractivity contribution in [3.63, 3.8) is 0 Å². The second-order valence-corrected chi connectivity index (χ2v) is 8.13. The van der Waals surface area contributed by atoms with Gasteiger partial charge in [-0.15, -0.1) is 0 Å². The summed E-state index contributed by atoms with van der Waals surface area (Å²) >= 11 is 0. The summed E-state index contributed by atoms with van der Waals surface area (Å²) in [6, 6.07) is 1.99. The highest BCUT2D eigenvalue weighted by molar-refractivity contribution is 5.79. The van der Waals surface area contributed by atoms with Gasteiger partial charge in [-0.05, 0) is 43.9 Å². The van der Waals surface area contributed by atoms with E-state index in [-0.39, 0.29) is 22.9 Å². The number of carbonyl (C=O) groups is 1. The molecule has 2 aliphatic rings. The van der Waals surface area contributed by atoms with Gasteiger partial charge < -0.3 is 10.2 Å². The minimum atomic E-state index is -0.251. The van der Waals surface area contributed by atoms with Gasteiger partial charge in [0, 0.05) is 18.6 Å². The highest BCUT2D eigenvalue weighted by atomic mass is 16.2. The van der Waals surface area contributed by atoms with Crippen LogP contribution < -0.4 is 5.32 Å². The molecule has 1 saturated carbocycles. The van der Waals surface area contributed by atoms with Crippen LogP contribution in [0.4, 0.5) is 0 Å². The van der Waals surface area contributed by atoms with Crippen LogP contribution in [-0.4, -0.2) is 50.2 Å². The van der Waals surface area contributed by atoms with Crippen molar-refractivity contribution in [3.05, 3.63) is 12.7 Å². The molecule has 1 saturated heterocycles. The second kappa shape index (κ2) is 6.75. The Labute approximate surface area is 149 Å². The van der Waals surface area contributed by atoms with Crippen LogP contribution in [0.25, 0.3) is 0 Å². The van der Waals surface area contributed by atoms with E-state index >= 15 is 0 Å². The maximum Gasteiger partial charge on any atom is 0.237 e. The molecule has 7 nitrogen and oxygen atoms in total. The van der Waals surface area contributed by atoms with E-state index in [2.05, 4.69) is 42.2 Å². The van der Waals surface area contributed by atoms with Crippen LogP contribution in [0, 0.1) is 22.7 Å². The van der Waals surface area contributed by atoms with E-state index in [1.165, 1.54) is 0 Å². The number of likely N-dealkylation sites (tertiary alicyclic amines) is 1. The average molecular weight is 344 g/mol. The maximum absolute atomic E-state index is 12.6. The van der Waals surface area contributed by atoms with E-state index < -0.39 is 0 Å². The third kappa shape index (κ3) is 3.28. The fourth-order valence-electron chi connectivity index (χ4n) is 4.36. The van der Waals surface area contributed by atoms with Crippen LogP contribution in [0.3, 0.4) is 0 Å². The molecule has 7 heteroatoms. The number of amides is 1. The van der Waals surface area contributed by atoms with Crippen LogP contribution in [0.1, 0.15) is 46.5 Å². The van der Waals surface area contributed by atoms with Crippen LogP contribution in [-0.2, 0) is 11.3 Å². The number of carbonyl (C=O) groups excluding carboxylic acids is 1. The molecule has 0 bridgehead atoms. The molecule has 2 fully saturated rings. The van der Waals surface area contributed by atoms with Crippen molar-refractivity contribution >= 4 is 5.91 Å². The summed E-state index contributed by atoms with van der Waals surface area (Å²) in [5.41, 5.74) is -0.0886. The van der Waals surface area contributed by atoms with Crippen LogP contribution >= 0.6 is 0 Å². The summed E-state index contributed by atoms with van der Waals surface area (Å²) < 4.78 is 1.89. The normalized spacial score (nSPS) is 31.2. The molecule has 0 radical (unpaired) electrons. The van der Waals surface area contributed by atoms with Crippen molar-refractivity contribution in [2.45, 2.75) is 64.6 Å². The lowest BCUT2D eigenvalue weighted by Gasteiger charge is -2.42. The van der Waals surface area contributed by atoms with Gasteiger partial charge in [0.05, 0.1) is 12.6 Å². The molecule has 3 rings (SSSR count). The molecule has 1 amide bonds. The van der Waals surface area contributed by atoms with Crippen molar-refractivity contribution in [3.8, 4) is 6.07 Å². The Hall–Kier alpha value is -1.94. The molecule has 1 aliphatic heterocycles. The van der Waals surface area contributed by atoms with E-state index in [0.717, 1.165) is 32.2 Å². The molecule has 136 valence electrons. The van der Waals surface area contributed by atoms with Gasteiger partial charge in [0.15, 0.2) is 0 Å². The fraction of sp³-hybridized carbons (Fsp3) is 0.778. The highest BCUT2D eigenvalue weighted by Gasteiger charge is 2.51. The van der Waals surface area contributed by atoms with E-state index in [4.69, 9.17) is 0 Å². The lowest BCUT2D eigenvalue weighted by molar-refractivity contribution is -0.130. The van der Waals surface area contributed by atoms with Crippen molar-refractivity contribution in [1.29, 1.82) is 5.26 Å². The Balaban J connectivity index is 1.61. The average Bonchev–Trinajstić information content (AvgIpc) is 3.30. The first-order valence-corrected chi connectivity index (χ1v) is 9.14. The number of aromatic nitrogens is 3. The largest absolute Gasteiger partial charge is 0.326 e. The number of nitrogens with one attached hydrogen (secondary N) is 1. The van der Waals surface area contributed by atoms with Gasteiger partial charge >= 0.3 is 0 Å². The maximum atomic E-state index is 12.6. The van der Waals surface area contributed by atoms with Crippen molar-refractivity contribution in [2.24, 2.45) is 11.3 Å². The number of nitriles is 1. The van der Waals surface area contributed by atoms with Crippen LogP contribution in [0.15, 0.2) is 12.7 Å². The Bertz CT molecular complexity index is 649. The zero-order valence-electron chi connectivity index (χ0n) is 15.4. The number of hydrogen-bond donors (Lipinski definition) is 1. The van der Waals surface area contributed by atoms with E-state index in [1.54, 1.807) is 17.6 Å². The van der Waals surface area contributed by atoms with Gasteiger partial charge in [-0.1, -0.05) is 13.8 Å². The van der Waals surface area contributed by atoms with Crippen LogP contribution in [0.2, 0.25) is 0 Å². The first kappa shape index (κ1) is 17.9. The van der Waals surface area contributed by atoms with Gasteiger partial charge in [-0.3, -0.25) is 9.48 Å². The molecular formula is C18H28N6O. The number of hydrogen-bond acceptors (Lipinski definition) is 5. The topological polar surface area (TPSA) is 86.8 Å². The quantitative estimate of drug-likeness (QED) is 0.876. The summed E-state index contributed by atoms with van der Waals surface area (Å²) in [7, 11) is 0. The molecule has 3 atom stereocenters. The molecule has 0 spiro atoms. The Morgan fingerprint density at radius 1 is 1.40 bits per heavy atom. The summed E-state index contributed by atoms with van der Waals surface area (Å²) in [6.45, 7) is 8.61. The zero-order valence-corrected chi connectivity index (χ0v) is 15.4. The van der Waals surface area contributed by atoms with Gasteiger partial charge in [-0.2, -0.15) is 10.4 Å². The van der Waals surface area contributed by atoms with E-state index in [0.29, 0.717) is 19.0 Å². The smallest absolute Gasteiger partial charge is 0.237 e. The predicted octanol–water partition coefficient (Wildman–Crippen LogP) is 1.58. The number of rotatable bonds is 5. The van der Waals surface area contributed by atoms with E-state index in [1.807, 2.05) is 4.68 Å². The Morgan fingerprint density at radius 3 is 2.88 bits per heavy atom. The number of nitrogens with zero attached hydrogens (tertiary/aromatic N) is 5. The Morgan fingerprint density at radius 2 is 2.20 bits per heavy atom. The van der Waals surface area contributed by atoms with E-state index in [9.17, 15) is 10.1 Å². The minimum Gasteiger partial charge on any atom is -0.326 e. The monoisotopic (exact) mass is 344 g/mol. The SMILES string of the molecule is CC1(C)[C@@H](Cn2cncn2)CC[C@@]1(C)NCC(=O)N1CCC[C@H]1C#N. The second-order valence-electron chi connectivity index (χ2n) is 8.13. The molecule has 1 aliphatic carbocycles. The first-order valence-electron chi connectivity index (χ1n) is 9.14. The van der Waals surface area contributed by atoms with Gasteiger partial charge in [0.25, 0.3) is 0 Å². The summed E-state index contributed by atoms with van der Waals surface area (Å²) in [6.07, 6.45) is 7.17. The van der Waals surface area contributed by atoms with Crippen molar-refractivity contribution in [2.75, 3.05) is 13.1 Å². The molecule has 1 aromatic heterocycles. The predicted molar refractivity (Wildman–Crippen MR) is 93.3 cm³/mol. The Kier molecular flexibility index (Phi) is 4.83. The van der Waals surface area contributed by atoms with Gasteiger partial charge in [0.1, 0.15) is 18.7 Å². The fourth-order valence-corrected chi connectivity index (χ4v) is 4.36. The molecule has 0 aromatic carbocycles.